The first-order chi connectivity index (χ1) is 11.0. The van der Waals surface area contributed by atoms with E-state index in [0.717, 1.165) is 16.4 Å². The molecule has 4 heteroatoms. The van der Waals surface area contributed by atoms with Crippen molar-refractivity contribution in [2.45, 2.75) is 6.85 Å². The molecule has 0 spiro atoms. The molecule has 0 bridgehead atoms. The van der Waals surface area contributed by atoms with E-state index < -0.39 is 6.85 Å². The Bertz CT molecular complexity index is 1010. The second-order valence-electron chi connectivity index (χ2n) is 4.46. The number of para-hydroxylation sites is 1. The second-order valence-corrected chi connectivity index (χ2v) is 4.46. The normalized spacial score (nSPS) is 14.1. The van der Waals surface area contributed by atoms with Crippen LogP contribution in [-0.2, 0) is 0 Å². The van der Waals surface area contributed by atoms with Gasteiger partial charge in [-0.05, 0) is 18.5 Å². The van der Waals surface area contributed by atoms with Gasteiger partial charge in [-0.15, -0.1) is 0 Å². The molecule has 0 aliphatic rings. The number of benzene rings is 1. The molecule has 0 saturated carbocycles. The maximum Gasteiger partial charge on any atom is 0.178 e. The van der Waals surface area contributed by atoms with E-state index in [4.69, 9.17) is 8.53 Å². The summed E-state index contributed by atoms with van der Waals surface area (Å²) in [7, 11) is 0. The number of pyridine rings is 1. The van der Waals surface area contributed by atoms with E-state index in [2.05, 4.69) is 15.0 Å². The van der Waals surface area contributed by atoms with Crippen LogP contribution in [0.3, 0.4) is 0 Å². The summed E-state index contributed by atoms with van der Waals surface area (Å²) in [4.78, 5) is 12.6. The van der Waals surface area contributed by atoms with Crippen LogP contribution in [0.1, 0.15) is 9.68 Å². The minimum atomic E-state index is -2.21. The molecule has 0 saturated heterocycles. The maximum atomic E-state index is 7.34. The maximum absolute atomic E-state index is 7.34. The van der Waals surface area contributed by atoms with Crippen LogP contribution in [0.5, 0.6) is 0 Å². The van der Waals surface area contributed by atoms with Crippen LogP contribution < -0.4 is 0 Å². The van der Waals surface area contributed by atoms with Gasteiger partial charge in [0, 0.05) is 39.5 Å². The van der Waals surface area contributed by atoms with Crippen molar-refractivity contribution in [3.63, 3.8) is 0 Å². The van der Waals surface area contributed by atoms with Crippen molar-refractivity contribution in [1.29, 1.82) is 0 Å². The molecule has 0 amide bonds. The van der Waals surface area contributed by atoms with Crippen LogP contribution in [0.2, 0.25) is 0 Å². The van der Waals surface area contributed by atoms with E-state index in [1.54, 1.807) is 12.3 Å². The lowest BCUT2D eigenvalue weighted by Crippen LogP contribution is -1.91. The van der Waals surface area contributed by atoms with Gasteiger partial charge in [-0.25, -0.2) is 9.97 Å². The van der Waals surface area contributed by atoms with E-state index >= 15 is 0 Å². The predicted octanol–water partition coefficient (Wildman–Crippen LogP) is 3.75. The third-order valence-corrected chi connectivity index (χ3v) is 3.14. The lowest BCUT2D eigenvalue weighted by atomic mass is 10.2. The van der Waals surface area contributed by atoms with Crippen molar-refractivity contribution in [3.05, 3.63) is 54.5 Å². The highest BCUT2D eigenvalue weighted by atomic mass is 16.3. The van der Waals surface area contributed by atoms with E-state index in [9.17, 15) is 0 Å². The molecule has 0 aliphatic carbocycles. The zero-order chi connectivity index (χ0) is 16.0. The zero-order valence-corrected chi connectivity index (χ0v) is 10.4. The fourth-order valence-corrected chi connectivity index (χ4v) is 2.20. The Balaban J connectivity index is 1.81. The molecule has 0 N–H and O–H groups in total. The van der Waals surface area contributed by atoms with Gasteiger partial charge in [0.15, 0.2) is 5.82 Å². The molecule has 1 aromatic carbocycles. The van der Waals surface area contributed by atoms with E-state index in [-0.39, 0.29) is 5.56 Å². The van der Waals surface area contributed by atoms with Gasteiger partial charge < -0.3 is 4.42 Å². The third-order valence-electron chi connectivity index (χ3n) is 3.14. The number of fused-ring (bicyclic) bond motifs is 3. The van der Waals surface area contributed by atoms with Crippen LogP contribution in [0.15, 0.2) is 53.3 Å². The van der Waals surface area contributed by atoms with Gasteiger partial charge >= 0.3 is 0 Å². The van der Waals surface area contributed by atoms with Crippen molar-refractivity contribution in [3.8, 4) is 11.5 Å². The fraction of sp³-hybridized carbons (Fsp3) is 0.0625. The Morgan fingerprint density at radius 2 is 1.80 bits per heavy atom. The zero-order valence-electron chi connectivity index (χ0n) is 13.4. The Kier molecular flexibility index (Phi) is 1.74. The van der Waals surface area contributed by atoms with Crippen LogP contribution in [0.25, 0.3) is 33.5 Å². The summed E-state index contributed by atoms with van der Waals surface area (Å²) in [5.41, 5.74) is 2.12. The molecular formula is C16H11N3O. The topological polar surface area (TPSA) is 51.8 Å². The van der Waals surface area contributed by atoms with Gasteiger partial charge in [0.1, 0.15) is 16.9 Å². The highest BCUT2D eigenvalue weighted by Crippen LogP contribution is 2.29. The quantitative estimate of drug-likeness (QED) is 0.525. The molecule has 4 aromatic rings. The summed E-state index contributed by atoms with van der Waals surface area (Å²) in [6.45, 7) is -2.21. The number of rotatable bonds is 1. The predicted molar refractivity (Wildman–Crippen MR) is 77.3 cm³/mol. The first-order valence-electron chi connectivity index (χ1n) is 7.62. The van der Waals surface area contributed by atoms with Gasteiger partial charge in [-0.3, -0.25) is 4.98 Å². The Morgan fingerprint density at radius 3 is 2.65 bits per heavy atom. The SMILES string of the molecule is [2H]C([2H])([2H])c1cnc(-c2cc3oc4ccccc4c3cn2)nc1. The molecule has 4 rings (SSSR count). The smallest absolute Gasteiger partial charge is 0.178 e. The van der Waals surface area contributed by atoms with Crippen molar-refractivity contribution >= 4 is 21.9 Å². The van der Waals surface area contributed by atoms with Crippen LogP contribution in [0.4, 0.5) is 0 Å². The van der Waals surface area contributed by atoms with Crippen molar-refractivity contribution in [1.82, 2.24) is 15.0 Å². The summed E-state index contributed by atoms with van der Waals surface area (Å²) in [5.74, 6) is 0.361. The molecule has 3 heterocycles. The van der Waals surface area contributed by atoms with Crippen LogP contribution in [0, 0.1) is 6.85 Å². The summed E-state index contributed by atoms with van der Waals surface area (Å²) in [5, 5.41) is 1.92. The highest BCUT2D eigenvalue weighted by Gasteiger charge is 2.09. The summed E-state index contributed by atoms with van der Waals surface area (Å²) >= 11 is 0. The van der Waals surface area contributed by atoms with Gasteiger partial charge in [0.25, 0.3) is 0 Å². The molecular weight excluding hydrogens is 250 g/mol. The minimum Gasteiger partial charge on any atom is -0.456 e. The summed E-state index contributed by atoms with van der Waals surface area (Å²) in [6.07, 6.45) is 4.33. The molecule has 0 atom stereocenters. The number of hydrogen-bond donors (Lipinski definition) is 0. The Labute approximate surface area is 119 Å². The summed E-state index contributed by atoms with van der Waals surface area (Å²) < 4.78 is 27.8. The van der Waals surface area contributed by atoms with Crippen molar-refractivity contribution in [2.75, 3.05) is 0 Å². The Morgan fingerprint density at radius 1 is 0.950 bits per heavy atom. The highest BCUT2D eigenvalue weighted by molar-refractivity contribution is 6.04. The molecule has 0 unspecified atom stereocenters. The lowest BCUT2D eigenvalue weighted by Gasteiger charge is -1.99. The number of nitrogens with zero attached hydrogens (tertiary/aromatic N) is 3. The third kappa shape index (κ3) is 1.66. The van der Waals surface area contributed by atoms with Crippen molar-refractivity contribution < 1.29 is 8.53 Å². The molecule has 3 aromatic heterocycles. The molecule has 20 heavy (non-hydrogen) atoms. The largest absolute Gasteiger partial charge is 0.456 e. The van der Waals surface area contributed by atoms with Crippen LogP contribution >= 0.6 is 0 Å². The summed E-state index contributed by atoms with van der Waals surface area (Å²) in [6, 6.07) is 9.50. The van der Waals surface area contributed by atoms with Gasteiger partial charge in [-0.2, -0.15) is 0 Å². The number of furan rings is 1. The van der Waals surface area contributed by atoms with E-state index in [1.807, 2.05) is 24.3 Å². The Hall–Kier alpha value is -2.75. The van der Waals surface area contributed by atoms with Crippen LogP contribution in [-0.4, -0.2) is 15.0 Å². The second kappa shape index (κ2) is 4.13. The molecule has 0 fully saturated rings. The monoisotopic (exact) mass is 264 g/mol. The average Bonchev–Trinajstić information content (AvgIpc) is 2.92. The van der Waals surface area contributed by atoms with Gasteiger partial charge in [0.05, 0.1) is 0 Å². The number of hydrogen-bond acceptors (Lipinski definition) is 4. The molecule has 96 valence electrons. The fourth-order valence-electron chi connectivity index (χ4n) is 2.20. The molecule has 0 aliphatic heterocycles. The first kappa shape index (κ1) is 8.43. The lowest BCUT2D eigenvalue weighted by molar-refractivity contribution is 0.668. The van der Waals surface area contributed by atoms with E-state index in [1.165, 1.54) is 12.4 Å². The van der Waals surface area contributed by atoms with E-state index in [0.29, 0.717) is 17.1 Å². The minimum absolute atomic E-state index is 0.103. The molecule has 0 radical (unpaired) electrons. The van der Waals surface area contributed by atoms with Gasteiger partial charge in [-0.1, -0.05) is 18.2 Å². The number of aromatic nitrogens is 3. The number of aryl methyl sites for hydroxylation is 1. The van der Waals surface area contributed by atoms with Crippen molar-refractivity contribution in [2.24, 2.45) is 0 Å². The average molecular weight is 264 g/mol. The molecule has 4 nitrogen and oxygen atoms in total. The van der Waals surface area contributed by atoms with Gasteiger partial charge in [0.2, 0.25) is 0 Å². The first-order valence-corrected chi connectivity index (χ1v) is 6.12. The standard InChI is InChI=1S/C16H11N3O/c1-10-7-18-16(19-8-10)13-6-15-12(9-17-13)11-4-2-3-5-14(11)20-15/h2-9H,1H3/i1D3.